The zero-order valence-electron chi connectivity index (χ0n) is 20.0. The van der Waals surface area contributed by atoms with Crippen LogP contribution in [-0.2, 0) is 24.2 Å². The number of fused-ring (bicyclic) bond motifs is 2. The first-order chi connectivity index (χ1) is 18.1. The zero-order chi connectivity index (χ0) is 25.4. The minimum absolute atomic E-state index is 0.170. The summed E-state index contributed by atoms with van der Waals surface area (Å²) in [5, 5.41) is 4.29. The average Bonchev–Trinajstić information content (AvgIpc) is 3.41. The first-order valence-electron chi connectivity index (χ1n) is 12.3. The van der Waals surface area contributed by atoms with Crippen LogP contribution >= 0.6 is 22.9 Å². The molecule has 0 atom stereocenters. The summed E-state index contributed by atoms with van der Waals surface area (Å²) >= 11 is 7.59. The van der Waals surface area contributed by atoms with E-state index in [-0.39, 0.29) is 11.8 Å². The maximum atomic E-state index is 13.7. The average molecular weight is 526 g/mol. The predicted octanol–water partition coefficient (Wildman–Crippen LogP) is 7.20. The number of aryl methyl sites for hydroxylation is 1. The number of carbonyl (C=O) groups is 2. The van der Waals surface area contributed by atoms with Crippen LogP contribution in [0.5, 0.6) is 0 Å². The van der Waals surface area contributed by atoms with Gasteiger partial charge in [-0.05, 0) is 67.1 Å². The number of rotatable bonds is 5. The second-order valence-corrected chi connectivity index (χ2v) is 10.7. The molecule has 2 heterocycles. The molecule has 2 aliphatic rings. The molecule has 1 aliphatic carbocycles. The Morgan fingerprint density at radius 3 is 2.49 bits per heavy atom. The number of hydrogen-bond acceptors (Lipinski definition) is 4. The molecule has 0 fully saturated rings. The fourth-order valence-corrected chi connectivity index (χ4v) is 6.37. The van der Waals surface area contributed by atoms with E-state index in [0.29, 0.717) is 27.8 Å². The van der Waals surface area contributed by atoms with Gasteiger partial charge in [0.25, 0.3) is 11.8 Å². The van der Waals surface area contributed by atoms with Crippen molar-refractivity contribution in [3.63, 3.8) is 0 Å². The Kier molecular flexibility index (Phi) is 6.37. The molecular formula is C30H24ClN3O2S. The van der Waals surface area contributed by atoms with Crippen molar-refractivity contribution < 1.29 is 9.59 Å². The molecule has 0 bridgehead atoms. The van der Waals surface area contributed by atoms with Crippen molar-refractivity contribution in [2.45, 2.75) is 32.2 Å². The molecule has 2 amide bonds. The van der Waals surface area contributed by atoms with Crippen molar-refractivity contribution in [3.8, 4) is 0 Å². The Bertz CT molecular complexity index is 1530. The Hall–Kier alpha value is -3.74. The van der Waals surface area contributed by atoms with Crippen LogP contribution in [0.2, 0.25) is 5.02 Å². The van der Waals surface area contributed by atoms with Gasteiger partial charge in [0.2, 0.25) is 0 Å². The summed E-state index contributed by atoms with van der Waals surface area (Å²) in [4.78, 5) is 35.1. The van der Waals surface area contributed by atoms with E-state index in [2.05, 4.69) is 5.32 Å². The topological polar surface area (TPSA) is 61.8 Å². The van der Waals surface area contributed by atoms with Crippen LogP contribution in [0.4, 0.5) is 16.4 Å². The number of nitrogens with zero attached hydrogens (tertiary/aromatic N) is 2. The minimum Gasteiger partial charge on any atom is -0.322 e. The Balaban J connectivity index is 1.41. The molecule has 3 aromatic carbocycles. The van der Waals surface area contributed by atoms with Crippen molar-refractivity contribution in [2.24, 2.45) is 4.99 Å². The highest BCUT2D eigenvalue weighted by molar-refractivity contribution is 7.16. The van der Waals surface area contributed by atoms with Crippen molar-refractivity contribution >= 4 is 56.8 Å². The van der Waals surface area contributed by atoms with Gasteiger partial charge in [-0.2, -0.15) is 0 Å². The lowest BCUT2D eigenvalue weighted by Gasteiger charge is -2.17. The van der Waals surface area contributed by atoms with Crippen LogP contribution < -0.4 is 10.2 Å². The number of para-hydroxylation sites is 2. The summed E-state index contributed by atoms with van der Waals surface area (Å²) in [5.74, 6) is -0.348. The molecule has 7 heteroatoms. The number of halogens is 1. The lowest BCUT2D eigenvalue weighted by atomic mass is 9.95. The largest absolute Gasteiger partial charge is 0.322 e. The van der Waals surface area contributed by atoms with Crippen LogP contribution in [0, 0.1) is 0 Å². The van der Waals surface area contributed by atoms with Gasteiger partial charge in [-0.25, -0.2) is 4.99 Å². The molecule has 0 radical (unpaired) electrons. The monoisotopic (exact) mass is 525 g/mol. The maximum Gasteiger partial charge on any atom is 0.277 e. The number of carbonyl (C=O) groups excluding carboxylic acids is 2. The highest BCUT2D eigenvalue weighted by Gasteiger charge is 2.35. The molecule has 0 saturated heterocycles. The van der Waals surface area contributed by atoms with Crippen LogP contribution in [-0.4, -0.2) is 17.5 Å². The van der Waals surface area contributed by atoms with Gasteiger partial charge in [0.1, 0.15) is 10.7 Å². The van der Waals surface area contributed by atoms with Gasteiger partial charge in [0, 0.05) is 21.2 Å². The van der Waals surface area contributed by atoms with Crippen molar-refractivity contribution in [2.75, 3.05) is 10.2 Å². The van der Waals surface area contributed by atoms with Crippen molar-refractivity contribution in [1.29, 1.82) is 0 Å². The third-order valence-corrected chi connectivity index (χ3v) is 8.21. The normalized spacial score (nSPS) is 15.5. The molecule has 5 nitrogen and oxygen atoms in total. The smallest absolute Gasteiger partial charge is 0.277 e. The highest BCUT2D eigenvalue weighted by Crippen LogP contribution is 2.42. The fourth-order valence-electron chi connectivity index (χ4n) is 4.98. The second-order valence-electron chi connectivity index (χ2n) is 9.21. The van der Waals surface area contributed by atoms with E-state index in [9.17, 15) is 9.59 Å². The number of thiophene rings is 1. The number of amides is 2. The molecule has 1 aromatic heterocycles. The Labute approximate surface area is 224 Å². The van der Waals surface area contributed by atoms with Gasteiger partial charge in [0.05, 0.1) is 17.8 Å². The molecule has 0 unspecified atom stereocenters. The SMILES string of the molecule is O=C(Nc1ccccc1)c1c(N=C2C(=O)N(Cc3ccc(Cl)cc3)c3ccccc32)sc2c1CCCC2. The molecule has 0 saturated carbocycles. The molecule has 0 spiro atoms. The van der Waals surface area contributed by atoms with Gasteiger partial charge in [-0.1, -0.05) is 60.1 Å². The quantitative estimate of drug-likeness (QED) is 0.299. The van der Waals surface area contributed by atoms with E-state index in [1.165, 1.54) is 16.2 Å². The van der Waals surface area contributed by atoms with Gasteiger partial charge < -0.3 is 10.2 Å². The summed E-state index contributed by atoms with van der Waals surface area (Å²) in [6.45, 7) is 0.411. The van der Waals surface area contributed by atoms with Crippen molar-refractivity contribution in [1.82, 2.24) is 0 Å². The van der Waals surface area contributed by atoms with Crippen LogP contribution in [0.15, 0.2) is 83.9 Å². The fraction of sp³-hybridized carbons (Fsp3) is 0.167. The second kappa shape index (κ2) is 9.96. The van der Waals surface area contributed by atoms with E-state index in [0.717, 1.165) is 53.7 Å². The van der Waals surface area contributed by atoms with E-state index < -0.39 is 0 Å². The number of benzene rings is 3. The molecule has 37 heavy (non-hydrogen) atoms. The molecule has 184 valence electrons. The molecule has 6 rings (SSSR count). The summed E-state index contributed by atoms with van der Waals surface area (Å²) in [6.07, 6.45) is 3.92. The Morgan fingerprint density at radius 2 is 1.68 bits per heavy atom. The summed E-state index contributed by atoms with van der Waals surface area (Å²) in [5.41, 5.74) is 5.34. The summed E-state index contributed by atoms with van der Waals surface area (Å²) in [6, 6.07) is 24.6. The molecule has 1 aliphatic heterocycles. The van der Waals surface area contributed by atoms with E-state index in [1.54, 1.807) is 4.90 Å². The van der Waals surface area contributed by atoms with Crippen molar-refractivity contribution in [3.05, 3.63) is 111 Å². The van der Waals surface area contributed by atoms with Gasteiger partial charge in [-0.15, -0.1) is 11.3 Å². The lowest BCUT2D eigenvalue weighted by molar-refractivity contribution is -0.112. The third-order valence-electron chi connectivity index (χ3n) is 6.78. The minimum atomic E-state index is -0.179. The van der Waals surface area contributed by atoms with E-state index >= 15 is 0 Å². The van der Waals surface area contributed by atoms with Crippen LogP contribution in [0.1, 0.15) is 44.8 Å². The van der Waals surface area contributed by atoms with Crippen LogP contribution in [0.3, 0.4) is 0 Å². The summed E-state index contributed by atoms with van der Waals surface area (Å²) in [7, 11) is 0. The lowest BCUT2D eigenvalue weighted by Crippen LogP contribution is -2.29. The summed E-state index contributed by atoms with van der Waals surface area (Å²) < 4.78 is 0. The third kappa shape index (κ3) is 4.59. The number of hydrogen-bond donors (Lipinski definition) is 1. The highest BCUT2D eigenvalue weighted by atomic mass is 35.5. The number of anilines is 2. The molecular weight excluding hydrogens is 502 g/mol. The standard InChI is InChI=1S/C30H24ClN3O2S/c31-20-16-14-19(15-17-20)18-34-24-12-6-4-10-22(24)27(30(34)36)33-29-26(23-11-5-7-13-25(23)37-29)28(35)32-21-8-2-1-3-9-21/h1-4,6,8-10,12,14-17H,5,7,11,13,18H2,(H,32,35). The molecule has 4 aromatic rings. The first kappa shape index (κ1) is 23.6. The van der Waals surface area contributed by atoms with Gasteiger partial charge >= 0.3 is 0 Å². The van der Waals surface area contributed by atoms with Gasteiger partial charge in [-0.3, -0.25) is 9.59 Å². The van der Waals surface area contributed by atoms with Crippen LogP contribution in [0.25, 0.3) is 0 Å². The molecule has 1 N–H and O–H groups in total. The maximum absolute atomic E-state index is 13.7. The predicted molar refractivity (Wildman–Crippen MR) is 151 cm³/mol. The van der Waals surface area contributed by atoms with Gasteiger partial charge in [0.15, 0.2) is 0 Å². The number of aliphatic imine (C=N–C) groups is 1. The first-order valence-corrected chi connectivity index (χ1v) is 13.5. The number of nitrogens with one attached hydrogen (secondary N) is 1. The van der Waals surface area contributed by atoms with E-state index in [1.807, 2.05) is 78.9 Å². The van der Waals surface area contributed by atoms with E-state index in [4.69, 9.17) is 16.6 Å². The zero-order valence-corrected chi connectivity index (χ0v) is 21.6. The Morgan fingerprint density at radius 1 is 0.946 bits per heavy atom.